The molecule has 0 fully saturated rings. The molecule has 0 atom stereocenters. The Hall–Kier alpha value is -1.03. The first-order valence-electron chi connectivity index (χ1n) is 4.78. The van der Waals surface area contributed by atoms with Crippen molar-refractivity contribution >= 4 is 0 Å². The lowest BCUT2D eigenvalue weighted by Gasteiger charge is -2.16. The van der Waals surface area contributed by atoms with Crippen molar-refractivity contribution in [2.45, 2.75) is 39.3 Å². The molecule has 1 N–H and O–H groups in total. The minimum absolute atomic E-state index is 0.275. The van der Waals surface area contributed by atoms with E-state index in [9.17, 15) is 5.11 Å². The maximum atomic E-state index is 9.44. The molecule has 0 aliphatic heterocycles. The van der Waals surface area contributed by atoms with Crippen molar-refractivity contribution < 1.29 is 9.84 Å². The van der Waals surface area contributed by atoms with E-state index in [1.165, 1.54) is 0 Å². The lowest BCUT2D eigenvalue weighted by molar-refractivity contribution is 0.0284. The first-order chi connectivity index (χ1) is 6.38. The zero-order valence-corrected chi connectivity index (χ0v) is 9.19. The first-order valence-corrected chi connectivity index (χ1v) is 4.78. The number of aliphatic hydroxyl groups is 1. The van der Waals surface area contributed by atoms with Crippen molar-refractivity contribution in [3.63, 3.8) is 0 Å². The van der Waals surface area contributed by atoms with Gasteiger partial charge in [0.25, 0.3) is 0 Å². The second-order valence-corrected chi connectivity index (χ2v) is 4.35. The average molecular weight is 198 g/mol. The molecule has 1 aromatic rings. The second-order valence-electron chi connectivity index (χ2n) is 4.35. The molecule has 0 unspecified atom stereocenters. The Labute approximate surface area is 84.5 Å². The molecule has 1 rings (SSSR count). The van der Waals surface area contributed by atoms with Crippen LogP contribution in [0.3, 0.4) is 0 Å². The minimum Gasteiger partial charge on any atom is -0.487 e. The molecule has 0 spiro atoms. The lowest BCUT2D eigenvalue weighted by atomic mass is 10.2. The highest BCUT2D eigenvalue weighted by Crippen LogP contribution is 2.14. The fourth-order valence-electron chi connectivity index (χ4n) is 0.937. The van der Waals surface area contributed by atoms with Gasteiger partial charge < -0.3 is 9.84 Å². The van der Waals surface area contributed by atoms with Gasteiger partial charge in [-0.2, -0.15) is 5.10 Å². The Morgan fingerprint density at radius 2 is 2.21 bits per heavy atom. The molecule has 0 aromatic carbocycles. The van der Waals surface area contributed by atoms with Gasteiger partial charge in [0.2, 0.25) is 0 Å². The molecule has 0 saturated heterocycles. The highest BCUT2D eigenvalue weighted by Gasteiger charge is 2.14. The van der Waals surface area contributed by atoms with E-state index >= 15 is 0 Å². The number of nitrogens with zero attached hydrogens (tertiary/aromatic N) is 2. The molecule has 0 bridgehead atoms. The summed E-state index contributed by atoms with van der Waals surface area (Å²) >= 11 is 0. The van der Waals surface area contributed by atoms with Gasteiger partial charge in [-0.15, -0.1) is 0 Å². The summed E-state index contributed by atoms with van der Waals surface area (Å²) in [5.41, 5.74) is -0.806. The summed E-state index contributed by atoms with van der Waals surface area (Å²) in [4.78, 5) is 0. The van der Waals surface area contributed by atoms with E-state index in [0.29, 0.717) is 11.8 Å². The van der Waals surface area contributed by atoms with Gasteiger partial charge in [0.1, 0.15) is 6.61 Å². The molecule has 4 nitrogen and oxygen atoms in total. The van der Waals surface area contributed by atoms with E-state index < -0.39 is 5.60 Å². The van der Waals surface area contributed by atoms with Crippen molar-refractivity contribution in [3.8, 4) is 5.75 Å². The van der Waals surface area contributed by atoms with E-state index in [4.69, 9.17) is 4.74 Å². The maximum absolute atomic E-state index is 9.44. The molecule has 0 amide bonds. The van der Waals surface area contributed by atoms with Crippen LogP contribution in [-0.4, -0.2) is 27.1 Å². The maximum Gasteiger partial charge on any atom is 0.157 e. The van der Waals surface area contributed by atoms with Crippen molar-refractivity contribution in [2.24, 2.45) is 0 Å². The molecular formula is C10H18N2O2. The molecule has 1 heterocycles. The van der Waals surface area contributed by atoms with Crippen LogP contribution in [0, 0.1) is 0 Å². The van der Waals surface area contributed by atoms with Crippen molar-refractivity contribution in [2.75, 3.05) is 6.61 Å². The summed E-state index contributed by atoms with van der Waals surface area (Å²) in [5, 5.41) is 13.6. The average Bonchev–Trinajstić information content (AvgIpc) is 2.47. The van der Waals surface area contributed by atoms with E-state index in [-0.39, 0.29) is 6.61 Å². The van der Waals surface area contributed by atoms with Gasteiger partial charge in [0.05, 0.1) is 18.0 Å². The van der Waals surface area contributed by atoms with Crippen LogP contribution in [0.15, 0.2) is 12.4 Å². The molecule has 0 aliphatic rings. The summed E-state index contributed by atoms with van der Waals surface area (Å²) in [5.74, 6) is 0.695. The summed E-state index contributed by atoms with van der Waals surface area (Å²) < 4.78 is 7.19. The van der Waals surface area contributed by atoms with Gasteiger partial charge in [-0.25, -0.2) is 0 Å². The Kier molecular flexibility index (Phi) is 3.16. The number of aromatic nitrogens is 2. The van der Waals surface area contributed by atoms with Crippen molar-refractivity contribution in [1.82, 2.24) is 9.78 Å². The SMILES string of the molecule is CC(C)n1cc(OCC(C)(C)O)cn1. The topological polar surface area (TPSA) is 47.3 Å². The van der Waals surface area contributed by atoms with Gasteiger partial charge in [-0.1, -0.05) is 0 Å². The summed E-state index contributed by atoms with van der Waals surface area (Å²) in [6.45, 7) is 7.79. The van der Waals surface area contributed by atoms with Crippen LogP contribution < -0.4 is 4.74 Å². The molecule has 4 heteroatoms. The van der Waals surface area contributed by atoms with E-state index in [0.717, 1.165) is 0 Å². The molecule has 0 saturated carbocycles. The van der Waals surface area contributed by atoms with E-state index in [1.54, 1.807) is 20.0 Å². The van der Waals surface area contributed by atoms with Gasteiger partial charge >= 0.3 is 0 Å². The third-order valence-electron chi connectivity index (χ3n) is 1.70. The van der Waals surface area contributed by atoms with Crippen molar-refractivity contribution in [3.05, 3.63) is 12.4 Å². The zero-order chi connectivity index (χ0) is 10.8. The molecule has 0 radical (unpaired) electrons. The minimum atomic E-state index is -0.806. The van der Waals surface area contributed by atoms with E-state index in [2.05, 4.69) is 5.10 Å². The van der Waals surface area contributed by atoms with Gasteiger partial charge in [-0.05, 0) is 27.7 Å². The van der Waals surface area contributed by atoms with E-state index in [1.807, 2.05) is 24.7 Å². The number of ether oxygens (including phenoxy) is 1. The largest absolute Gasteiger partial charge is 0.487 e. The monoisotopic (exact) mass is 198 g/mol. The Balaban J connectivity index is 2.52. The number of rotatable bonds is 4. The first kappa shape index (κ1) is 11.0. The standard InChI is InChI=1S/C10H18N2O2/c1-8(2)12-6-9(5-11-12)14-7-10(3,4)13/h5-6,8,13H,7H2,1-4H3. The van der Waals surface area contributed by atoms with Crippen LogP contribution in [0.1, 0.15) is 33.7 Å². The van der Waals surface area contributed by atoms with Crippen LogP contribution in [0.5, 0.6) is 5.75 Å². The van der Waals surface area contributed by atoms with Crippen LogP contribution in [0.25, 0.3) is 0 Å². The summed E-state index contributed by atoms with van der Waals surface area (Å²) in [6.07, 6.45) is 3.49. The highest BCUT2D eigenvalue weighted by atomic mass is 16.5. The fourth-order valence-corrected chi connectivity index (χ4v) is 0.937. The second kappa shape index (κ2) is 4.00. The van der Waals surface area contributed by atoms with Gasteiger partial charge in [0, 0.05) is 6.04 Å². The molecule has 14 heavy (non-hydrogen) atoms. The third-order valence-corrected chi connectivity index (χ3v) is 1.70. The smallest absolute Gasteiger partial charge is 0.157 e. The number of hydrogen-bond acceptors (Lipinski definition) is 3. The molecule has 80 valence electrons. The van der Waals surface area contributed by atoms with Gasteiger partial charge in [-0.3, -0.25) is 4.68 Å². The normalized spacial score (nSPS) is 12.1. The Morgan fingerprint density at radius 3 is 2.64 bits per heavy atom. The number of hydrogen-bond donors (Lipinski definition) is 1. The predicted octanol–water partition coefficient (Wildman–Crippen LogP) is 1.61. The quantitative estimate of drug-likeness (QED) is 0.799. The van der Waals surface area contributed by atoms with Crippen LogP contribution in [-0.2, 0) is 0 Å². The molecular weight excluding hydrogens is 180 g/mol. The highest BCUT2D eigenvalue weighted by molar-refractivity contribution is 5.12. The van der Waals surface area contributed by atoms with Crippen LogP contribution in [0.4, 0.5) is 0 Å². The van der Waals surface area contributed by atoms with Crippen molar-refractivity contribution in [1.29, 1.82) is 0 Å². The summed E-state index contributed by atoms with van der Waals surface area (Å²) in [7, 11) is 0. The third kappa shape index (κ3) is 3.38. The summed E-state index contributed by atoms with van der Waals surface area (Å²) in [6, 6.07) is 0.328. The lowest BCUT2D eigenvalue weighted by Crippen LogP contribution is -2.27. The van der Waals surface area contributed by atoms with Crippen LogP contribution >= 0.6 is 0 Å². The Morgan fingerprint density at radius 1 is 1.57 bits per heavy atom. The molecule has 0 aliphatic carbocycles. The molecule has 1 aromatic heterocycles. The van der Waals surface area contributed by atoms with Crippen LogP contribution in [0.2, 0.25) is 0 Å². The fraction of sp³-hybridized carbons (Fsp3) is 0.700. The van der Waals surface area contributed by atoms with Gasteiger partial charge in [0.15, 0.2) is 5.75 Å². The Bertz CT molecular complexity index is 287. The zero-order valence-electron chi connectivity index (χ0n) is 9.19. The predicted molar refractivity (Wildman–Crippen MR) is 54.4 cm³/mol.